The number of rotatable bonds is 9. The highest BCUT2D eigenvalue weighted by atomic mass is 32.2. The largest absolute Gasteiger partial charge is 0.479 e. The molecule has 0 aliphatic rings. The van der Waals surface area contributed by atoms with Crippen LogP contribution in [0.5, 0.6) is 5.75 Å². The van der Waals surface area contributed by atoms with Gasteiger partial charge in [-0.1, -0.05) is 79.4 Å². The molecule has 0 radical (unpaired) electrons. The van der Waals surface area contributed by atoms with Crippen LogP contribution in [0.25, 0.3) is 16.7 Å². The molecule has 3 rings (SSSR count). The first-order valence-corrected chi connectivity index (χ1v) is 12.9. The zero-order valence-electron chi connectivity index (χ0n) is 21.1. The summed E-state index contributed by atoms with van der Waals surface area (Å²) >= 11 is 1.65. The molecule has 0 saturated carbocycles. The summed E-state index contributed by atoms with van der Waals surface area (Å²) in [6, 6.07) is 24.3. The Balaban J connectivity index is 1.77. The van der Waals surface area contributed by atoms with E-state index in [2.05, 4.69) is 54.3 Å². The van der Waals surface area contributed by atoms with E-state index in [1.54, 1.807) is 32.5 Å². The van der Waals surface area contributed by atoms with Crippen molar-refractivity contribution in [1.29, 1.82) is 0 Å². The lowest BCUT2D eigenvalue weighted by molar-refractivity contribution is -0.145. The topological polar surface area (TPSA) is 66.8 Å². The molecule has 2 N–H and O–H groups in total. The Bertz CT molecular complexity index is 1260. The third-order valence-corrected chi connectivity index (χ3v) is 6.33. The number of hydrogen-bond donors (Lipinski definition) is 2. The highest BCUT2D eigenvalue weighted by Crippen LogP contribution is 2.28. The van der Waals surface area contributed by atoms with E-state index < -0.39 is 17.7 Å². The van der Waals surface area contributed by atoms with Crippen LogP contribution in [0.1, 0.15) is 38.3 Å². The van der Waals surface area contributed by atoms with Crippen molar-refractivity contribution in [1.82, 2.24) is 0 Å². The lowest BCUT2D eigenvalue weighted by Gasteiger charge is -2.15. The fourth-order valence-corrected chi connectivity index (χ4v) is 4.33. The van der Waals surface area contributed by atoms with Crippen molar-refractivity contribution in [2.24, 2.45) is 0 Å². The van der Waals surface area contributed by atoms with Gasteiger partial charge in [0.05, 0.1) is 0 Å². The molecule has 0 bridgehead atoms. The van der Waals surface area contributed by atoms with Crippen molar-refractivity contribution in [3.63, 3.8) is 0 Å². The Kier molecular flexibility index (Phi) is 9.41. The maximum absolute atomic E-state index is 11.3. The molecule has 0 fully saturated rings. The maximum Gasteiger partial charge on any atom is 0.344 e. The normalized spacial score (nSPS) is 12.4. The molecule has 1 atom stereocenters. The van der Waals surface area contributed by atoms with E-state index in [0.29, 0.717) is 17.9 Å². The van der Waals surface area contributed by atoms with Crippen LogP contribution in [0.4, 0.5) is 0 Å². The molecular formula is C31H32O4S. The van der Waals surface area contributed by atoms with Crippen LogP contribution >= 0.6 is 11.8 Å². The second-order valence-corrected chi connectivity index (χ2v) is 10.1. The Morgan fingerprint density at radius 2 is 1.72 bits per heavy atom. The Hall–Kier alpha value is -3.46. The number of aryl methyl sites for hydroxylation is 1. The summed E-state index contributed by atoms with van der Waals surface area (Å²) in [6.45, 7) is 7.05. The van der Waals surface area contributed by atoms with Gasteiger partial charge in [0, 0.05) is 16.2 Å². The van der Waals surface area contributed by atoms with Crippen molar-refractivity contribution >= 4 is 23.3 Å². The molecule has 0 spiro atoms. The number of carbonyl (C=O) groups is 1. The van der Waals surface area contributed by atoms with Gasteiger partial charge in [-0.15, -0.1) is 11.8 Å². The van der Waals surface area contributed by atoms with Gasteiger partial charge >= 0.3 is 5.97 Å². The van der Waals surface area contributed by atoms with Gasteiger partial charge in [-0.05, 0) is 67.6 Å². The zero-order chi connectivity index (χ0) is 26.1. The number of carboxylic acids is 1. The van der Waals surface area contributed by atoms with Crippen LogP contribution in [-0.2, 0) is 4.79 Å². The minimum absolute atomic E-state index is 0.400. The van der Waals surface area contributed by atoms with E-state index in [-0.39, 0.29) is 0 Å². The average Bonchev–Trinajstić information content (AvgIpc) is 2.85. The second kappa shape index (κ2) is 12.5. The number of benzene rings is 3. The molecule has 3 aromatic carbocycles. The minimum atomic E-state index is -1.09. The van der Waals surface area contributed by atoms with Gasteiger partial charge in [-0.2, -0.15) is 0 Å². The molecule has 0 amide bonds. The first-order valence-electron chi connectivity index (χ1n) is 11.9. The van der Waals surface area contributed by atoms with Crippen molar-refractivity contribution in [2.45, 2.75) is 50.7 Å². The van der Waals surface area contributed by atoms with Gasteiger partial charge in [0.1, 0.15) is 11.4 Å². The van der Waals surface area contributed by atoms with Gasteiger partial charge in [0.25, 0.3) is 0 Å². The highest BCUT2D eigenvalue weighted by Gasteiger charge is 2.17. The van der Waals surface area contributed by atoms with Gasteiger partial charge in [0.2, 0.25) is 0 Å². The molecule has 0 aromatic heterocycles. The monoisotopic (exact) mass is 500 g/mol. The van der Waals surface area contributed by atoms with Crippen LogP contribution in [0.2, 0.25) is 0 Å². The first-order chi connectivity index (χ1) is 17.2. The van der Waals surface area contributed by atoms with E-state index in [1.807, 2.05) is 43.3 Å². The summed E-state index contributed by atoms with van der Waals surface area (Å²) < 4.78 is 5.65. The molecule has 5 heteroatoms. The van der Waals surface area contributed by atoms with Crippen LogP contribution in [0.15, 0.2) is 83.8 Å². The van der Waals surface area contributed by atoms with Crippen molar-refractivity contribution in [3.8, 4) is 28.7 Å². The summed E-state index contributed by atoms with van der Waals surface area (Å²) in [5, 5.41) is 19.4. The summed E-state index contributed by atoms with van der Waals surface area (Å²) in [4.78, 5) is 12.3. The fourth-order valence-electron chi connectivity index (χ4n) is 3.46. The number of aliphatic hydroxyl groups is 1. The predicted molar refractivity (Wildman–Crippen MR) is 148 cm³/mol. The predicted octanol–water partition coefficient (Wildman–Crippen LogP) is 6.85. The number of ether oxygens (including phenoxy) is 1. The third-order valence-electron chi connectivity index (χ3n) is 5.41. The lowest BCUT2D eigenvalue weighted by Crippen LogP contribution is -2.26. The molecule has 36 heavy (non-hydrogen) atoms. The number of aliphatic carboxylic acids is 1. The van der Waals surface area contributed by atoms with E-state index in [9.17, 15) is 15.0 Å². The molecular weight excluding hydrogens is 468 g/mol. The first kappa shape index (κ1) is 27.1. The van der Waals surface area contributed by atoms with E-state index in [4.69, 9.17) is 4.74 Å². The Morgan fingerprint density at radius 1 is 1.06 bits per heavy atom. The van der Waals surface area contributed by atoms with Crippen LogP contribution in [0, 0.1) is 18.8 Å². The van der Waals surface area contributed by atoms with E-state index in [1.165, 1.54) is 0 Å². The SMILES string of the molecule is CCC(Oc1ccc(SC/C=C(\C#CC(C)(C)O)c2ccc(-c3ccccc3)cc2)cc1C)C(=O)O. The Labute approximate surface area is 218 Å². The van der Waals surface area contributed by atoms with Gasteiger partial charge < -0.3 is 14.9 Å². The average molecular weight is 501 g/mol. The molecule has 1 unspecified atom stereocenters. The van der Waals surface area contributed by atoms with Crippen molar-refractivity contribution < 1.29 is 19.7 Å². The maximum atomic E-state index is 11.3. The van der Waals surface area contributed by atoms with Crippen LogP contribution < -0.4 is 4.74 Å². The van der Waals surface area contributed by atoms with Crippen LogP contribution in [0.3, 0.4) is 0 Å². The standard InChI is InChI=1S/C31H32O4S/c1-5-28(30(32)33)35-29-16-15-27(21-22(29)2)36-20-18-26(17-19-31(3,4)34)25-13-11-24(12-14-25)23-9-7-6-8-10-23/h6-16,18,21,28,34H,5,20H2,1-4H3,(H,32,33)/b26-18+. The Morgan fingerprint density at radius 3 is 2.31 bits per heavy atom. The molecule has 3 aromatic rings. The molecule has 0 aliphatic carbocycles. The quantitative estimate of drug-likeness (QED) is 0.248. The zero-order valence-corrected chi connectivity index (χ0v) is 21.9. The fraction of sp³-hybridized carbons (Fsp3) is 0.258. The summed E-state index contributed by atoms with van der Waals surface area (Å²) in [6.07, 6.45) is 1.62. The van der Waals surface area contributed by atoms with Crippen LogP contribution in [-0.4, -0.2) is 33.6 Å². The van der Waals surface area contributed by atoms with Gasteiger partial charge in [-0.25, -0.2) is 4.79 Å². The lowest BCUT2D eigenvalue weighted by atomic mass is 10.00. The highest BCUT2D eigenvalue weighted by molar-refractivity contribution is 7.99. The molecule has 0 heterocycles. The summed E-state index contributed by atoms with van der Waals surface area (Å²) in [5.41, 5.74) is 3.94. The summed E-state index contributed by atoms with van der Waals surface area (Å²) in [5.74, 6) is 6.39. The van der Waals surface area contributed by atoms with Crippen molar-refractivity contribution in [2.75, 3.05) is 5.75 Å². The molecule has 0 aliphatic heterocycles. The van der Waals surface area contributed by atoms with Gasteiger partial charge in [-0.3, -0.25) is 0 Å². The molecule has 0 saturated heterocycles. The van der Waals surface area contributed by atoms with Crippen molar-refractivity contribution in [3.05, 3.63) is 90.0 Å². The summed E-state index contributed by atoms with van der Waals surface area (Å²) in [7, 11) is 0. The van der Waals surface area contributed by atoms with E-state index in [0.717, 1.165) is 32.7 Å². The van der Waals surface area contributed by atoms with Gasteiger partial charge in [0.15, 0.2) is 6.10 Å². The smallest absolute Gasteiger partial charge is 0.344 e. The van der Waals surface area contributed by atoms with E-state index >= 15 is 0 Å². The molecule has 4 nitrogen and oxygen atoms in total. The number of hydrogen-bond acceptors (Lipinski definition) is 4. The number of allylic oxidation sites excluding steroid dienone is 1. The molecule has 186 valence electrons. The second-order valence-electron chi connectivity index (χ2n) is 8.96. The minimum Gasteiger partial charge on any atom is -0.479 e. The number of thioether (sulfide) groups is 1. The number of carboxylic acid groups (broad SMARTS) is 1. The third kappa shape index (κ3) is 8.05.